The van der Waals surface area contributed by atoms with Crippen molar-refractivity contribution >= 4 is 23.3 Å². The first-order chi connectivity index (χ1) is 23.7. The number of aryl methyl sites for hydroxylation is 2. The van der Waals surface area contributed by atoms with Crippen molar-refractivity contribution < 1.29 is 18.7 Å². The number of allylic oxidation sites excluding steroid dienone is 3. The summed E-state index contributed by atoms with van der Waals surface area (Å²) < 4.78 is 19.1. The minimum Gasteiger partial charge on any atom is -0.444 e. The Morgan fingerprint density at radius 3 is 2.28 bits per heavy atom. The molecule has 2 aromatic carbocycles. The molecular formula is C41H54FN5O3. The molecule has 1 aliphatic rings. The molecule has 0 atom stereocenters. The zero-order valence-electron chi connectivity index (χ0n) is 31.3. The van der Waals surface area contributed by atoms with Crippen LogP contribution in [-0.2, 0) is 16.0 Å². The number of hydrogen-bond donors (Lipinski definition) is 1. The first-order valence-corrected chi connectivity index (χ1v) is 17.5. The maximum Gasteiger partial charge on any atom is 0.410 e. The second-order valence-electron chi connectivity index (χ2n) is 13.6. The molecule has 1 aliphatic heterocycles. The fraction of sp³-hybridized carbons (Fsp3) is 0.439. The molecule has 1 fully saturated rings. The zero-order valence-corrected chi connectivity index (χ0v) is 31.3. The Bertz CT molecular complexity index is 1660. The van der Waals surface area contributed by atoms with Crippen molar-refractivity contribution in [2.45, 2.75) is 86.7 Å². The normalized spacial score (nSPS) is 14.3. The first kappa shape index (κ1) is 39.8. The van der Waals surface area contributed by atoms with Crippen molar-refractivity contribution in [1.29, 1.82) is 0 Å². The molecule has 8 nitrogen and oxygen atoms in total. The summed E-state index contributed by atoms with van der Waals surface area (Å²) in [5.41, 5.74) is 6.74. The number of carbonyl (C=O) groups is 2. The number of nitrogens with zero attached hydrogens (tertiary/aromatic N) is 4. The lowest BCUT2D eigenvalue weighted by Gasteiger charge is -2.33. The van der Waals surface area contributed by atoms with E-state index in [4.69, 9.17) is 4.74 Å². The Balaban J connectivity index is 0.000000335. The number of likely N-dealkylation sites (tertiary alicyclic amines) is 1. The third-order valence-corrected chi connectivity index (χ3v) is 8.43. The largest absolute Gasteiger partial charge is 0.444 e. The molecule has 3 aromatic rings. The van der Waals surface area contributed by atoms with Gasteiger partial charge in [-0.1, -0.05) is 38.1 Å². The van der Waals surface area contributed by atoms with Crippen molar-refractivity contribution in [1.82, 2.24) is 20.2 Å². The molecule has 1 saturated heterocycles. The van der Waals surface area contributed by atoms with Crippen LogP contribution >= 0.6 is 0 Å². The predicted octanol–water partition coefficient (Wildman–Crippen LogP) is 8.70. The number of piperidine rings is 1. The van der Waals surface area contributed by atoms with Gasteiger partial charge >= 0.3 is 6.09 Å². The quantitative estimate of drug-likeness (QED) is 0.170. The molecule has 0 aliphatic carbocycles. The molecular weight excluding hydrogens is 629 g/mol. The highest BCUT2D eigenvalue weighted by molar-refractivity contribution is 6.11. The Kier molecular flexibility index (Phi) is 15.1. The van der Waals surface area contributed by atoms with Crippen LogP contribution in [0, 0.1) is 25.6 Å². The Labute approximate surface area is 298 Å². The second kappa shape index (κ2) is 18.9. The van der Waals surface area contributed by atoms with Gasteiger partial charge in [-0.2, -0.15) is 0 Å². The number of aliphatic imine (C=N–C) groups is 1. The predicted molar refractivity (Wildman–Crippen MR) is 202 cm³/mol. The summed E-state index contributed by atoms with van der Waals surface area (Å²) in [4.78, 5) is 38.3. The summed E-state index contributed by atoms with van der Waals surface area (Å²) >= 11 is 0. The topological polar surface area (TPSA) is 96.8 Å². The number of ether oxygens (including phenoxy) is 1. The number of halogens is 1. The highest BCUT2D eigenvalue weighted by Gasteiger charge is 2.27. The summed E-state index contributed by atoms with van der Waals surface area (Å²) in [6, 6.07) is 11.7. The average Bonchev–Trinajstić information content (AvgIpc) is 3.09. The Morgan fingerprint density at radius 2 is 1.72 bits per heavy atom. The first-order valence-electron chi connectivity index (χ1n) is 17.5. The molecule has 0 unspecified atom stereocenters. The van der Waals surface area contributed by atoms with Crippen molar-refractivity contribution in [3.63, 3.8) is 0 Å². The van der Waals surface area contributed by atoms with Gasteiger partial charge in [0.15, 0.2) is 11.6 Å². The van der Waals surface area contributed by atoms with E-state index < -0.39 is 5.60 Å². The monoisotopic (exact) mass is 683 g/mol. The highest BCUT2D eigenvalue weighted by atomic mass is 19.1. The van der Waals surface area contributed by atoms with Crippen LogP contribution in [0.4, 0.5) is 9.18 Å². The number of carbonyl (C=O) groups excluding carboxylic acids is 2. The summed E-state index contributed by atoms with van der Waals surface area (Å²) in [5, 5.41) is 3.61. The lowest BCUT2D eigenvalue weighted by atomic mass is 9.96. The van der Waals surface area contributed by atoms with Crippen LogP contribution in [0.15, 0.2) is 72.0 Å². The van der Waals surface area contributed by atoms with E-state index in [1.807, 2.05) is 51.1 Å². The lowest BCUT2D eigenvalue weighted by Crippen LogP contribution is -2.43. The minimum atomic E-state index is -0.453. The number of amides is 1. The van der Waals surface area contributed by atoms with Crippen LogP contribution in [0.3, 0.4) is 0 Å². The van der Waals surface area contributed by atoms with Gasteiger partial charge in [0, 0.05) is 61.5 Å². The maximum absolute atomic E-state index is 13.6. The summed E-state index contributed by atoms with van der Waals surface area (Å²) in [7, 11) is 1.62. The van der Waals surface area contributed by atoms with Crippen LogP contribution in [0.5, 0.6) is 0 Å². The van der Waals surface area contributed by atoms with Crippen LogP contribution in [-0.4, -0.2) is 64.7 Å². The molecule has 50 heavy (non-hydrogen) atoms. The van der Waals surface area contributed by atoms with Gasteiger partial charge in [-0.15, -0.1) is 0 Å². The van der Waals surface area contributed by atoms with E-state index in [0.717, 1.165) is 73.5 Å². The number of aromatic nitrogens is 2. The molecule has 0 saturated carbocycles. The van der Waals surface area contributed by atoms with E-state index in [9.17, 15) is 14.0 Å². The SMILES string of the molecule is CC/C=C(/NCC1CCN(C(=O)OC(C)(C)C)CC1)c1cnc(-c2cccc(CC)c2)nc1.CN=C(/C=C\C(C)=O)c1cc(C)c(C)c(F)c1. The molecule has 1 aromatic heterocycles. The average molecular weight is 684 g/mol. The summed E-state index contributed by atoms with van der Waals surface area (Å²) in [6.45, 7) is 17.4. The van der Waals surface area contributed by atoms with Crippen LogP contribution in [0.1, 0.15) is 88.6 Å². The molecule has 1 N–H and O–H groups in total. The van der Waals surface area contributed by atoms with Gasteiger partial charge in [0.2, 0.25) is 0 Å². The van der Waals surface area contributed by atoms with Crippen LogP contribution in [0.25, 0.3) is 17.1 Å². The summed E-state index contributed by atoms with van der Waals surface area (Å²) in [5.74, 6) is 0.952. The van der Waals surface area contributed by atoms with E-state index >= 15 is 0 Å². The number of rotatable bonds is 10. The fourth-order valence-corrected chi connectivity index (χ4v) is 5.40. The van der Waals surface area contributed by atoms with Gasteiger partial charge in [0.1, 0.15) is 11.4 Å². The van der Waals surface area contributed by atoms with Crippen molar-refractivity contribution in [3.05, 3.63) is 101 Å². The standard InChI is InChI=1S/C27H38N4O2.C14H16FNO/c1-6-9-24(23-18-29-25(30-19-23)22-11-8-10-20(7-2)16-22)28-17-21-12-14-31(15-13-21)26(32)33-27(3,4)5;1-9-7-12(8-13(15)11(9)3)14(16-4)6-5-10(2)17/h8-11,16,18-19,21,28H,6-7,12-15,17H2,1-5H3;5-8H,1-4H3/b24-9+;6-5-,16-14?. The van der Waals surface area contributed by atoms with Gasteiger partial charge in [-0.25, -0.2) is 19.2 Å². The van der Waals surface area contributed by atoms with E-state index in [1.165, 1.54) is 24.6 Å². The van der Waals surface area contributed by atoms with Gasteiger partial charge < -0.3 is 15.0 Å². The van der Waals surface area contributed by atoms with E-state index in [1.54, 1.807) is 20.0 Å². The minimum absolute atomic E-state index is 0.0598. The smallest absolute Gasteiger partial charge is 0.410 e. The molecule has 0 radical (unpaired) electrons. The van der Waals surface area contributed by atoms with E-state index in [0.29, 0.717) is 22.8 Å². The van der Waals surface area contributed by atoms with Gasteiger partial charge in [-0.3, -0.25) is 9.79 Å². The van der Waals surface area contributed by atoms with Gasteiger partial charge in [-0.05, 0) is 120 Å². The van der Waals surface area contributed by atoms with Crippen molar-refractivity contribution in [3.8, 4) is 11.4 Å². The zero-order chi connectivity index (χ0) is 36.8. The molecule has 268 valence electrons. The second-order valence-corrected chi connectivity index (χ2v) is 13.6. The molecule has 0 bridgehead atoms. The molecule has 4 rings (SSSR count). The number of ketones is 1. The van der Waals surface area contributed by atoms with Gasteiger partial charge in [0.25, 0.3) is 0 Å². The van der Waals surface area contributed by atoms with Crippen molar-refractivity contribution in [2.75, 3.05) is 26.7 Å². The van der Waals surface area contributed by atoms with E-state index in [-0.39, 0.29) is 17.7 Å². The van der Waals surface area contributed by atoms with E-state index in [2.05, 4.69) is 64.5 Å². The number of benzene rings is 2. The fourth-order valence-electron chi connectivity index (χ4n) is 5.40. The number of hydrogen-bond acceptors (Lipinski definition) is 7. The third kappa shape index (κ3) is 12.3. The Hall–Kier alpha value is -4.66. The highest BCUT2D eigenvalue weighted by Crippen LogP contribution is 2.22. The molecule has 1 amide bonds. The van der Waals surface area contributed by atoms with Gasteiger partial charge in [0.05, 0.1) is 5.71 Å². The summed E-state index contributed by atoms with van der Waals surface area (Å²) in [6.07, 6.45) is 12.7. The number of nitrogens with one attached hydrogen (secondary N) is 1. The third-order valence-electron chi connectivity index (χ3n) is 8.43. The van der Waals surface area contributed by atoms with Crippen LogP contribution in [0.2, 0.25) is 0 Å². The van der Waals surface area contributed by atoms with Crippen molar-refractivity contribution in [2.24, 2.45) is 10.9 Å². The van der Waals surface area contributed by atoms with Crippen LogP contribution < -0.4 is 5.32 Å². The Morgan fingerprint density at radius 1 is 1.04 bits per heavy atom. The lowest BCUT2D eigenvalue weighted by molar-refractivity contribution is -0.112. The molecule has 0 spiro atoms. The molecule has 2 heterocycles. The molecule has 9 heteroatoms. The maximum atomic E-state index is 13.6.